The van der Waals surface area contributed by atoms with Gasteiger partial charge in [-0.05, 0) is 58.9 Å². The molecule has 1 heterocycles. The summed E-state index contributed by atoms with van der Waals surface area (Å²) < 4.78 is 0. The lowest BCUT2D eigenvalue weighted by Gasteiger charge is -2.45. The minimum atomic E-state index is 0.258. The van der Waals surface area contributed by atoms with Crippen LogP contribution in [0.5, 0.6) is 0 Å². The van der Waals surface area contributed by atoms with Gasteiger partial charge in [0.2, 0.25) is 0 Å². The minimum absolute atomic E-state index is 0.258. The summed E-state index contributed by atoms with van der Waals surface area (Å²) in [5, 5.41) is 0. The number of piperidine rings is 1. The van der Waals surface area contributed by atoms with Crippen LogP contribution in [0.4, 0.5) is 0 Å². The predicted octanol–water partition coefficient (Wildman–Crippen LogP) is 1.39. The molecule has 1 rings (SSSR count). The summed E-state index contributed by atoms with van der Waals surface area (Å²) in [6.45, 7) is 9.07. The lowest BCUT2D eigenvalue weighted by Crippen LogP contribution is -2.56. The van der Waals surface area contributed by atoms with Crippen LogP contribution in [0, 0.1) is 5.92 Å². The monoisotopic (exact) mass is 227 g/mol. The highest BCUT2D eigenvalue weighted by Crippen LogP contribution is 2.26. The van der Waals surface area contributed by atoms with Crippen LogP contribution in [0.25, 0.3) is 0 Å². The van der Waals surface area contributed by atoms with Crippen molar-refractivity contribution in [1.29, 1.82) is 0 Å². The third-order valence-corrected chi connectivity index (χ3v) is 4.14. The molecule has 1 fully saturated rings. The normalized spacial score (nSPS) is 21.9. The van der Waals surface area contributed by atoms with E-state index in [1.54, 1.807) is 0 Å². The Bertz CT molecular complexity index is 193. The molecule has 3 heteroatoms. The summed E-state index contributed by atoms with van der Waals surface area (Å²) in [5.74, 6) is 0.815. The third-order valence-electron chi connectivity index (χ3n) is 4.14. The molecule has 0 aromatic rings. The number of likely N-dealkylation sites (N-methyl/N-ethyl adjacent to an activating group) is 1. The van der Waals surface area contributed by atoms with E-state index in [9.17, 15) is 0 Å². The summed E-state index contributed by atoms with van der Waals surface area (Å²) in [5.41, 5.74) is 6.20. The Balaban J connectivity index is 2.37. The van der Waals surface area contributed by atoms with Crippen LogP contribution in [0.2, 0.25) is 0 Å². The Morgan fingerprint density at radius 3 is 2.19 bits per heavy atom. The number of rotatable bonds is 5. The Morgan fingerprint density at radius 1 is 1.25 bits per heavy atom. The van der Waals surface area contributed by atoms with Crippen molar-refractivity contribution in [2.45, 2.75) is 38.6 Å². The fourth-order valence-electron chi connectivity index (χ4n) is 2.47. The first kappa shape index (κ1) is 13.9. The second kappa shape index (κ2) is 5.99. The van der Waals surface area contributed by atoms with Crippen LogP contribution in [-0.2, 0) is 0 Å². The highest BCUT2D eigenvalue weighted by molar-refractivity contribution is 4.94. The number of hydrogen-bond acceptors (Lipinski definition) is 3. The van der Waals surface area contributed by atoms with E-state index >= 15 is 0 Å². The average Bonchev–Trinajstić information content (AvgIpc) is 2.26. The highest BCUT2D eigenvalue weighted by Gasteiger charge is 2.34. The Hall–Kier alpha value is -0.120. The van der Waals surface area contributed by atoms with Crippen molar-refractivity contribution in [3.8, 4) is 0 Å². The molecule has 1 saturated heterocycles. The number of nitrogens with two attached hydrogens (primary N) is 1. The van der Waals surface area contributed by atoms with Crippen LogP contribution in [0.1, 0.15) is 33.1 Å². The molecule has 0 aliphatic carbocycles. The van der Waals surface area contributed by atoms with Gasteiger partial charge in [0.1, 0.15) is 0 Å². The molecule has 16 heavy (non-hydrogen) atoms. The SMILES string of the molecule is CC(C)CCN1CCC(CN)(N(C)C)CC1. The predicted molar refractivity (Wildman–Crippen MR) is 70.6 cm³/mol. The van der Waals surface area contributed by atoms with Gasteiger partial charge in [0.05, 0.1) is 0 Å². The van der Waals surface area contributed by atoms with Crippen molar-refractivity contribution >= 4 is 0 Å². The maximum absolute atomic E-state index is 5.95. The van der Waals surface area contributed by atoms with Crippen molar-refractivity contribution in [1.82, 2.24) is 9.80 Å². The maximum Gasteiger partial charge on any atom is 0.0349 e. The molecule has 0 aromatic heterocycles. The van der Waals surface area contributed by atoms with Crippen LogP contribution >= 0.6 is 0 Å². The smallest absolute Gasteiger partial charge is 0.0349 e. The zero-order chi connectivity index (χ0) is 12.2. The van der Waals surface area contributed by atoms with Crippen LogP contribution in [0.15, 0.2) is 0 Å². The van der Waals surface area contributed by atoms with Gasteiger partial charge in [-0.25, -0.2) is 0 Å². The van der Waals surface area contributed by atoms with E-state index in [-0.39, 0.29) is 5.54 Å². The quantitative estimate of drug-likeness (QED) is 0.770. The minimum Gasteiger partial charge on any atom is -0.329 e. The van der Waals surface area contributed by atoms with Gasteiger partial charge in [-0.3, -0.25) is 0 Å². The first-order valence-corrected chi connectivity index (χ1v) is 6.60. The van der Waals surface area contributed by atoms with Gasteiger partial charge >= 0.3 is 0 Å². The zero-order valence-electron chi connectivity index (χ0n) is 11.5. The fourth-order valence-corrected chi connectivity index (χ4v) is 2.47. The molecule has 0 amide bonds. The summed E-state index contributed by atoms with van der Waals surface area (Å²) in [6.07, 6.45) is 3.75. The second-order valence-corrected chi connectivity index (χ2v) is 5.85. The number of likely N-dealkylation sites (tertiary alicyclic amines) is 1. The number of hydrogen-bond donors (Lipinski definition) is 1. The van der Waals surface area contributed by atoms with Crippen molar-refractivity contribution in [2.75, 3.05) is 40.3 Å². The van der Waals surface area contributed by atoms with E-state index in [4.69, 9.17) is 5.73 Å². The second-order valence-electron chi connectivity index (χ2n) is 5.85. The van der Waals surface area contributed by atoms with Crippen LogP contribution < -0.4 is 5.73 Å². The Labute approximate surface area is 101 Å². The van der Waals surface area contributed by atoms with Crippen molar-refractivity contribution < 1.29 is 0 Å². The standard InChI is InChI=1S/C13H29N3/c1-12(2)5-8-16-9-6-13(11-14,7-10-16)15(3)4/h12H,5-11,14H2,1-4H3. The third kappa shape index (κ3) is 3.44. The van der Waals surface area contributed by atoms with Crippen LogP contribution in [0.3, 0.4) is 0 Å². The van der Waals surface area contributed by atoms with E-state index in [0.29, 0.717) is 0 Å². The summed E-state index contributed by atoms with van der Waals surface area (Å²) in [4.78, 5) is 4.92. The molecule has 1 aliphatic heterocycles. The Morgan fingerprint density at radius 2 is 1.81 bits per heavy atom. The molecular weight excluding hydrogens is 198 g/mol. The summed E-state index contributed by atoms with van der Waals surface area (Å²) in [7, 11) is 4.33. The molecule has 1 aliphatic rings. The lowest BCUT2D eigenvalue weighted by atomic mass is 9.86. The molecule has 0 bridgehead atoms. The van der Waals surface area contributed by atoms with E-state index in [2.05, 4.69) is 37.7 Å². The van der Waals surface area contributed by atoms with Gasteiger partial charge < -0.3 is 15.5 Å². The molecule has 2 N–H and O–H groups in total. The van der Waals surface area contributed by atoms with Gasteiger partial charge in [0.15, 0.2) is 0 Å². The molecule has 96 valence electrons. The molecule has 0 saturated carbocycles. The Kier molecular flexibility index (Phi) is 5.22. The van der Waals surface area contributed by atoms with Gasteiger partial charge in [-0.2, -0.15) is 0 Å². The topological polar surface area (TPSA) is 32.5 Å². The van der Waals surface area contributed by atoms with Crippen molar-refractivity contribution in [3.63, 3.8) is 0 Å². The van der Waals surface area contributed by atoms with Gasteiger partial charge in [0, 0.05) is 12.1 Å². The molecule has 0 radical (unpaired) electrons. The first-order valence-electron chi connectivity index (χ1n) is 6.60. The average molecular weight is 227 g/mol. The fraction of sp³-hybridized carbons (Fsp3) is 1.00. The van der Waals surface area contributed by atoms with Crippen molar-refractivity contribution in [3.05, 3.63) is 0 Å². The van der Waals surface area contributed by atoms with E-state index < -0.39 is 0 Å². The van der Waals surface area contributed by atoms with E-state index in [0.717, 1.165) is 12.5 Å². The summed E-state index contributed by atoms with van der Waals surface area (Å²) in [6, 6.07) is 0. The van der Waals surface area contributed by atoms with E-state index in [1.165, 1.54) is 38.9 Å². The molecule has 0 atom stereocenters. The number of nitrogens with zero attached hydrogens (tertiary/aromatic N) is 2. The van der Waals surface area contributed by atoms with E-state index in [1.807, 2.05) is 0 Å². The van der Waals surface area contributed by atoms with Crippen molar-refractivity contribution in [2.24, 2.45) is 11.7 Å². The molecule has 0 spiro atoms. The van der Waals surface area contributed by atoms with Gasteiger partial charge in [-0.1, -0.05) is 13.8 Å². The molecule has 0 unspecified atom stereocenters. The maximum atomic E-state index is 5.95. The molecular formula is C13H29N3. The van der Waals surface area contributed by atoms with Crippen LogP contribution in [-0.4, -0.2) is 55.6 Å². The summed E-state index contributed by atoms with van der Waals surface area (Å²) >= 11 is 0. The highest BCUT2D eigenvalue weighted by atomic mass is 15.2. The molecule has 0 aromatic carbocycles. The van der Waals surface area contributed by atoms with Gasteiger partial charge in [0.25, 0.3) is 0 Å². The zero-order valence-corrected chi connectivity index (χ0v) is 11.5. The first-order chi connectivity index (χ1) is 7.50. The largest absolute Gasteiger partial charge is 0.329 e. The molecule has 3 nitrogen and oxygen atoms in total. The van der Waals surface area contributed by atoms with Gasteiger partial charge in [-0.15, -0.1) is 0 Å². The lowest BCUT2D eigenvalue weighted by molar-refractivity contribution is 0.0611.